The van der Waals surface area contributed by atoms with Gasteiger partial charge in [0.25, 0.3) is 0 Å². The van der Waals surface area contributed by atoms with Gasteiger partial charge in [-0.2, -0.15) is 0 Å². The number of aliphatic hydroxyl groups is 1. The Kier molecular flexibility index (Phi) is 4.93. The van der Waals surface area contributed by atoms with E-state index in [1.54, 1.807) is 6.33 Å². The minimum absolute atomic E-state index is 0.161. The predicted octanol–water partition coefficient (Wildman–Crippen LogP) is 2.87. The molecule has 27 heavy (non-hydrogen) atoms. The molecule has 0 amide bonds. The molecule has 2 aromatic heterocycles. The summed E-state index contributed by atoms with van der Waals surface area (Å²) >= 11 is 0. The number of aromatic amines is 1. The van der Waals surface area contributed by atoms with Gasteiger partial charge in [0.15, 0.2) is 11.5 Å². The smallest absolute Gasteiger partial charge is 0.182 e. The van der Waals surface area contributed by atoms with Crippen LogP contribution in [0.1, 0.15) is 0 Å². The SMILES string of the molecule is OC(CNc1ncnc2nc[nH]c12)COc1ccccc1-c1ccccc1. The molecule has 7 heteroatoms. The van der Waals surface area contributed by atoms with Gasteiger partial charge in [-0.05, 0) is 11.6 Å². The Morgan fingerprint density at radius 3 is 2.70 bits per heavy atom. The van der Waals surface area contributed by atoms with Crippen molar-refractivity contribution < 1.29 is 9.84 Å². The zero-order valence-corrected chi connectivity index (χ0v) is 14.5. The molecule has 0 bridgehead atoms. The molecular weight excluding hydrogens is 342 g/mol. The second kappa shape index (κ2) is 7.84. The number of benzene rings is 2. The number of aromatic nitrogens is 4. The maximum absolute atomic E-state index is 10.3. The topological polar surface area (TPSA) is 96.0 Å². The lowest BCUT2D eigenvalue weighted by Gasteiger charge is -2.16. The van der Waals surface area contributed by atoms with Gasteiger partial charge in [0.2, 0.25) is 0 Å². The van der Waals surface area contributed by atoms with Gasteiger partial charge in [-0.3, -0.25) is 0 Å². The molecule has 0 saturated heterocycles. The monoisotopic (exact) mass is 361 g/mol. The maximum atomic E-state index is 10.3. The molecule has 0 aliphatic heterocycles. The molecule has 7 nitrogen and oxygen atoms in total. The van der Waals surface area contributed by atoms with Crippen molar-refractivity contribution in [3.05, 3.63) is 67.3 Å². The summed E-state index contributed by atoms with van der Waals surface area (Å²) in [5, 5.41) is 13.4. The van der Waals surface area contributed by atoms with Crippen molar-refractivity contribution >= 4 is 17.0 Å². The van der Waals surface area contributed by atoms with Crippen LogP contribution in [0.25, 0.3) is 22.3 Å². The average molecular weight is 361 g/mol. The van der Waals surface area contributed by atoms with E-state index in [9.17, 15) is 5.11 Å². The maximum Gasteiger partial charge on any atom is 0.182 e. The Morgan fingerprint density at radius 2 is 1.81 bits per heavy atom. The van der Waals surface area contributed by atoms with Crippen LogP contribution in [0.5, 0.6) is 5.75 Å². The van der Waals surface area contributed by atoms with E-state index in [4.69, 9.17) is 4.74 Å². The highest BCUT2D eigenvalue weighted by atomic mass is 16.5. The third kappa shape index (κ3) is 3.88. The van der Waals surface area contributed by atoms with E-state index in [1.165, 1.54) is 6.33 Å². The predicted molar refractivity (Wildman–Crippen MR) is 104 cm³/mol. The van der Waals surface area contributed by atoms with E-state index >= 15 is 0 Å². The van der Waals surface area contributed by atoms with E-state index in [2.05, 4.69) is 25.3 Å². The van der Waals surface area contributed by atoms with Crippen LogP contribution in [0, 0.1) is 0 Å². The zero-order chi connectivity index (χ0) is 18.5. The summed E-state index contributed by atoms with van der Waals surface area (Å²) < 4.78 is 5.87. The van der Waals surface area contributed by atoms with Gasteiger partial charge >= 0.3 is 0 Å². The van der Waals surface area contributed by atoms with Crippen LogP contribution in [0.2, 0.25) is 0 Å². The molecule has 0 radical (unpaired) electrons. The van der Waals surface area contributed by atoms with Crippen molar-refractivity contribution in [2.45, 2.75) is 6.10 Å². The number of nitrogens with one attached hydrogen (secondary N) is 2. The summed E-state index contributed by atoms with van der Waals surface area (Å²) in [4.78, 5) is 15.3. The summed E-state index contributed by atoms with van der Waals surface area (Å²) in [5.41, 5.74) is 3.35. The van der Waals surface area contributed by atoms with Gasteiger partial charge in [0.05, 0.1) is 6.33 Å². The van der Waals surface area contributed by atoms with Crippen LogP contribution in [0.4, 0.5) is 5.82 Å². The number of ether oxygens (including phenoxy) is 1. The van der Waals surface area contributed by atoms with Crippen LogP contribution >= 0.6 is 0 Å². The number of hydrogen-bond donors (Lipinski definition) is 3. The van der Waals surface area contributed by atoms with Crippen molar-refractivity contribution in [1.82, 2.24) is 19.9 Å². The van der Waals surface area contributed by atoms with Crippen LogP contribution in [0.3, 0.4) is 0 Å². The molecule has 0 fully saturated rings. The second-order valence-corrected chi connectivity index (χ2v) is 6.03. The summed E-state index contributed by atoms with van der Waals surface area (Å²) in [7, 11) is 0. The number of rotatable bonds is 7. The van der Waals surface area contributed by atoms with E-state index in [0.717, 1.165) is 16.9 Å². The average Bonchev–Trinajstić information content (AvgIpc) is 3.21. The van der Waals surface area contributed by atoms with Crippen molar-refractivity contribution in [3.63, 3.8) is 0 Å². The van der Waals surface area contributed by atoms with Crippen molar-refractivity contribution in [2.75, 3.05) is 18.5 Å². The fourth-order valence-corrected chi connectivity index (χ4v) is 2.81. The molecule has 2 aromatic carbocycles. The Balaban J connectivity index is 1.39. The summed E-state index contributed by atoms with van der Waals surface area (Å²) in [6.45, 7) is 0.451. The number of para-hydroxylation sites is 1. The molecule has 1 unspecified atom stereocenters. The molecule has 2 heterocycles. The number of nitrogens with zero attached hydrogens (tertiary/aromatic N) is 3. The van der Waals surface area contributed by atoms with Crippen LogP contribution in [0.15, 0.2) is 67.3 Å². The molecule has 1 atom stereocenters. The molecule has 0 saturated carbocycles. The Hall–Kier alpha value is -3.45. The lowest BCUT2D eigenvalue weighted by atomic mass is 10.1. The van der Waals surface area contributed by atoms with Crippen molar-refractivity contribution in [1.29, 1.82) is 0 Å². The molecule has 0 spiro atoms. The number of aliphatic hydroxyl groups excluding tert-OH is 1. The number of anilines is 1. The highest BCUT2D eigenvalue weighted by molar-refractivity contribution is 5.81. The highest BCUT2D eigenvalue weighted by Crippen LogP contribution is 2.29. The second-order valence-electron chi connectivity index (χ2n) is 6.03. The van der Waals surface area contributed by atoms with Gasteiger partial charge < -0.3 is 20.1 Å². The van der Waals surface area contributed by atoms with Crippen LogP contribution in [-0.4, -0.2) is 44.3 Å². The highest BCUT2D eigenvalue weighted by Gasteiger charge is 2.11. The molecule has 4 aromatic rings. The molecule has 136 valence electrons. The lowest BCUT2D eigenvalue weighted by molar-refractivity contribution is 0.118. The Bertz CT molecular complexity index is 1020. The fraction of sp³-hybridized carbons (Fsp3) is 0.150. The number of fused-ring (bicyclic) bond motifs is 1. The van der Waals surface area contributed by atoms with E-state index in [1.807, 2.05) is 54.6 Å². The van der Waals surface area contributed by atoms with Crippen molar-refractivity contribution in [3.8, 4) is 16.9 Å². The molecule has 4 rings (SSSR count). The van der Waals surface area contributed by atoms with Crippen LogP contribution in [-0.2, 0) is 0 Å². The van der Waals surface area contributed by atoms with E-state index in [0.29, 0.717) is 23.5 Å². The number of imidazole rings is 1. The quantitative estimate of drug-likeness (QED) is 0.468. The third-order valence-electron chi connectivity index (χ3n) is 4.13. The molecular formula is C20H19N5O2. The summed E-state index contributed by atoms with van der Waals surface area (Å²) in [6, 6.07) is 17.8. The van der Waals surface area contributed by atoms with Crippen LogP contribution < -0.4 is 10.1 Å². The van der Waals surface area contributed by atoms with Gasteiger partial charge in [0, 0.05) is 12.1 Å². The zero-order valence-electron chi connectivity index (χ0n) is 14.5. The normalized spacial score (nSPS) is 12.0. The standard InChI is InChI=1S/C20H19N5O2/c26-15(10-21-19-18-20(23-12-22-18)25-13-24-19)11-27-17-9-5-4-8-16(17)14-6-2-1-3-7-14/h1-9,12-13,15,26H,10-11H2,(H2,21,22,23,24,25). The minimum Gasteiger partial charge on any atom is -0.490 e. The number of H-pyrrole nitrogens is 1. The van der Waals surface area contributed by atoms with Gasteiger partial charge in [-0.25, -0.2) is 15.0 Å². The first-order chi connectivity index (χ1) is 13.3. The Morgan fingerprint density at radius 1 is 1.00 bits per heavy atom. The van der Waals surface area contributed by atoms with Crippen molar-refractivity contribution in [2.24, 2.45) is 0 Å². The first-order valence-electron chi connectivity index (χ1n) is 8.64. The summed E-state index contributed by atoms with van der Waals surface area (Å²) in [5.74, 6) is 1.34. The van der Waals surface area contributed by atoms with Gasteiger partial charge in [-0.1, -0.05) is 48.5 Å². The largest absolute Gasteiger partial charge is 0.490 e. The van der Waals surface area contributed by atoms with Gasteiger partial charge in [0.1, 0.15) is 30.3 Å². The molecule has 3 N–H and O–H groups in total. The van der Waals surface area contributed by atoms with Gasteiger partial charge in [-0.15, -0.1) is 0 Å². The fourth-order valence-electron chi connectivity index (χ4n) is 2.81. The van der Waals surface area contributed by atoms with E-state index < -0.39 is 6.10 Å². The minimum atomic E-state index is -0.707. The molecule has 0 aliphatic rings. The first kappa shape index (κ1) is 17.0. The Labute approximate surface area is 156 Å². The molecule has 0 aliphatic carbocycles. The third-order valence-corrected chi connectivity index (χ3v) is 4.13. The lowest BCUT2D eigenvalue weighted by Crippen LogP contribution is -2.26. The van der Waals surface area contributed by atoms with E-state index in [-0.39, 0.29) is 6.61 Å². The number of hydrogen-bond acceptors (Lipinski definition) is 6. The first-order valence-corrected chi connectivity index (χ1v) is 8.64. The summed E-state index contributed by atoms with van der Waals surface area (Å²) in [6.07, 6.45) is 2.29.